The van der Waals surface area contributed by atoms with E-state index < -0.39 is 0 Å². The highest BCUT2D eigenvalue weighted by Crippen LogP contribution is 2.00. The fraction of sp³-hybridized carbons (Fsp3) is 0.429. The SMILES string of the molecule is CNC1C=CC=CC1. The number of rotatable bonds is 1. The summed E-state index contributed by atoms with van der Waals surface area (Å²) in [7, 11) is 1.98. The minimum atomic E-state index is 0.569. The lowest BCUT2D eigenvalue weighted by molar-refractivity contribution is 0.672. The Morgan fingerprint density at radius 2 is 2.38 bits per heavy atom. The third-order valence-corrected chi connectivity index (χ3v) is 1.35. The summed E-state index contributed by atoms with van der Waals surface area (Å²) in [5.41, 5.74) is 0. The zero-order chi connectivity index (χ0) is 5.82. The first kappa shape index (κ1) is 5.57. The van der Waals surface area contributed by atoms with E-state index in [1.807, 2.05) is 7.05 Å². The first-order valence-corrected chi connectivity index (χ1v) is 2.94. The third kappa shape index (κ3) is 1.20. The van der Waals surface area contributed by atoms with Crippen LogP contribution in [0.25, 0.3) is 0 Å². The summed E-state index contributed by atoms with van der Waals surface area (Å²) in [6, 6.07) is 0.569. The van der Waals surface area contributed by atoms with Crippen molar-refractivity contribution in [1.82, 2.24) is 5.32 Å². The standard InChI is InChI=1S/C7H11N/c1-8-7-5-3-2-4-6-7/h2-5,7-8H,6H2,1H3. The molecule has 0 aromatic rings. The first-order valence-electron chi connectivity index (χ1n) is 2.94. The summed E-state index contributed by atoms with van der Waals surface area (Å²) in [6.45, 7) is 0. The first-order chi connectivity index (χ1) is 3.93. The van der Waals surface area contributed by atoms with Gasteiger partial charge >= 0.3 is 0 Å². The van der Waals surface area contributed by atoms with E-state index in [0.717, 1.165) is 6.42 Å². The number of hydrogen-bond donors (Lipinski definition) is 1. The molecule has 1 N–H and O–H groups in total. The Hall–Kier alpha value is -0.560. The monoisotopic (exact) mass is 109 g/mol. The van der Waals surface area contributed by atoms with Crippen LogP contribution in [-0.2, 0) is 0 Å². The number of nitrogens with one attached hydrogen (secondary N) is 1. The molecule has 1 heteroatoms. The van der Waals surface area contributed by atoms with Gasteiger partial charge < -0.3 is 5.32 Å². The fourth-order valence-electron chi connectivity index (χ4n) is 0.795. The summed E-state index contributed by atoms with van der Waals surface area (Å²) >= 11 is 0. The van der Waals surface area contributed by atoms with Gasteiger partial charge in [0.05, 0.1) is 0 Å². The molecule has 0 heterocycles. The average molecular weight is 109 g/mol. The Morgan fingerprint density at radius 1 is 1.50 bits per heavy atom. The second kappa shape index (κ2) is 2.68. The predicted molar refractivity (Wildman–Crippen MR) is 35.7 cm³/mol. The van der Waals surface area contributed by atoms with Gasteiger partial charge in [-0.15, -0.1) is 0 Å². The van der Waals surface area contributed by atoms with Crippen LogP contribution in [-0.4, -0.2) is 13.1 Å². The van der Waals surface area contributed by atoms with Crippen molar-refractivity contribution in [3.63, 3.8) is 0 Å². The Bertz CT molecular complexity index is 114. The molecule has 44 valence electrons. The molecule has 1 aliphatic rings. The average Bonchev–Trinajstić information content (AvgIpc) is 1.90. The van der Waals surface area contributed by atoms with Crippen molar-refractivity contribution in [3.8, 4) is 0 Å². The van der Waals surface area contributed by atoms with Gasteiger partial charge in [0.1, 0.15) is 0 Å². The molecule has 0 fully saturated rings. The molecule has 1 rings (SSSR count). The van der Waals surface area contributed by atoms with E-state index in [9.17, 15) is 0 Å². The van der Waals surface area contributed by atoms with Gasteiger partial charge in [-0.3, -0.25) is 0 Å². The van der Waals surface area contributed by atoms with Crippen molar-refractivity contribution in [2.45, 2.75) is 12.5 Å². The summed E-state index contributed by atoms with van der Waals surface area (Å²) < 4.78 is 0. The molecule has 0 saturated carbocycles. The minimum Gasteiger partial charge on any atom is -0.313 e. The molecule has 1 unspecified atom stereocenters. The molecule has 0 spiro atoms. The van der Waals surface area contributed by atoms with Crippen LogP contribution in [0, 0.1) is 0 Å². The second-order valence-corrected chi connectivity index (χ2v) is 1.94. The van der Waals surface area contributed by atoms with Crippen molar-refractivity contribution in [2.75, 3.05) is 7.05 Å². The number of allylic oxidation sites excluding steroid dienone is 2. The molecule has 0 aliphatic heterocycles. The molecule has 1 aliphatic carbocycles. The van der Waals surface area contributed by atoms with E-state index in [4.69, 9.17) is 0 Å². The lowest BCUT2D eigenvalue weighted by atomic mass is 10.1. The quantitative estimate of drug-likeness (QED) is 0.531. The van der Waals surface area contributed by atoms with Crippen molar-refractivity contribution >= 4 is 0 Å². The Morgan fingerprint density at radius 3 is 2.75 bits per heavy atom. The molecule has 0 amide bonds. The van der Waals surface area contributed by atoms with Crippen LogP contribution in [0.1, 0.15) is 6.42 Å². The largest absolute Gasteiger partial charge is 0.313 e. The maximum absolute atomic E-state index is 3.17. The van der Waals surface area contributed by atoms with E-state index >= 15 is 0 Å². The van der Waals surface area contributed by atoms with Crippen LogP contribution < -0.4 is 5.32 Å². The fourth-order valence-corrected chi connectivity index (χ4v) is 0.795. The van der Waals surface area contributed by atoms with E-state index in [1.165, 1.54) is 0 Å². The molecule has 0 radical (unpaired) electrons. The van der Waals surface area contributed by atoms with E-state index in [0.29, 0.717) is 6.04 Å². The van der Waals surface area contributed by atoms with Crippen molar-refractivity contribution in [2.24, 2.45) is 0 Å². The van der Waals surface area contributed by atoms with E-state index in [1.54, 1.807) is 0 Å². The third-order valence-electron chi connectivity index (χ3n) is 1.35. The topological polar surface area (TPSA) is 12.0 Å². The van der Waals surface area contributed by atoms with Gasteiger partial charge in [0, 0.05) is 6.04 Å². The van der Waals surface area contributed by atoms with Crippen LogP contribution >= 0.6 is 0 Å². The Kier molecular flexibility index (Phi) is 1.86. The van der Waals surface area contributed by atoms with Crippen molar-refractivity contribution in [3.05, 3.63) is 24.3 Å². The van der Waals surface area contributed by atoms with Crippen molar-refractivity contribution in [1.29, 1.82) is 0 Å². The second-order valence-electron chi connectivity index (χ2n) is 1.94. The highest BCUT2D eigenvalue weighted by molar-refractivity contribution is 5.13. The molecule has 0 aromatic carbocycles. The molecule has 1 atom stereocenters. The molecule has 0 bridgehead atoms. The lowest BCUT2D eigenvalue weighted by Crippen LogP contribution is -2.22. The number of hydrogen-bond acceptors (Lipinski definition) is 1. The van der Waals surface area contributed by atoms with Gasteiger partial charge in [0.25, 0.3) is 0 Å². The lowest BCUT2D eigenvalue weighted by Gasteiger charge is -2.09. The van der Waals surface area contributed by atoms with Crippen LogP contribution in [0.15, 0.2) is 24.3 Å². The van der Waals surface area contributed by atoms with Crippen molar-refractivity contribution < 1.29 is 0 Å². The molecule has 0 aromatic heterocycles. The predicted octanol–water partition coefficient (Wildman–Crippen LogP) is 1.09. The number of likely N-dealkylation sites (N-methyl/N-ethyl adjacent to an activating group) is 1. The Labute approximate surface area is 50.1 Å². The molecular formula is C7H11N. The highest BCUT2D eigenvalue weighted by atomic mass is 14.9. The zero-order valence-corrected chi connectivity index (χ0v) is 5.09. The molecular weight excluding hydrogens is 98.1 g/mol. The van der Waals surface area contributed by atoms with E-state index in [-0.39, 0.29) is 0 Å². The van der Waals surface area contributed by atoms with Gasteiger partial charge in [-0.05, 0) is 13.5 Å². The molecule has 1 nitrogen and oxygen atoms in total. The van der Waals surface area contributed by atoms with Gasteiger partial charge in [-0.1, -0.05) is 24.3 Å². The summed E-state index contributed by atoms with van der Waals surface area (Å²) in [5.74, 6) is 0. The summed E-state index contributed by atoms with van der Waals surface area (Å²) in [4.78, 5) is 0. The van der Waals surface area contributed by atoms with Gasteiger partial charge in [-0.2, -0.15) is 0 Å². The van der Waals surface area contributed by atoms with Crippen LogP contribution in [0.2, 0.25) is 0 Å². The van der Waals surface area contributed by atoms with Gasteiger partial charge in [-0.25, -0.2) is 0 Å². The highest BCUT2D eigenvalue weighted by Gasteiger charge is 1.97. The van der Waals surface area contributed by atoms with E-state index in [2.05, 4.69) is 29.6 Å². The normalized spacial score (nSPS) is 26.4. The minimum absolute atomic E-state index is 0.569. The van der Waals surface area contributed by atoms with Crippen LogP contribution in [0.4, 0.5) is 0 Å². The maximum atomic E-state index is 3.17. The summed E-state index contributed by atoms with van der Waals surface area (Å²) in [6.07, 6.45) is 9.62. The van der Waals surface area contributed by atoms with Crippen LogP contribution in [0.3, 0.4) is 0 Å². The molecule has 8 heavy (non-hydrogen) atoms. The van der Waals surface area contributed by atoms with Gasteiger partial charge in [0.15, 0.2) is 0 Å². The zero-order valence-electron chi connectivity index (χ0n) is 5.09. The summed E-state index contributed by atoms with van der Waals surface area (Å²) in [5, 5.41) is 3.17. The maximum Gasteiger partial charge on any atom is 0.0284 e. The smallest absolute Gasteiger partial charge is 0.0284 e. The Balaban J connectivity index is 2.40. The van der Waals surface area contributed by atoms with Gasteiger partial charge in [0.2, 0.25) is 0 Å². The van der Waals surface area contributed by atoms with Crippen LogP contribution in [0.5, 0.6) is 0 Å². The molecule has 0 saturated heterocycles.